The molecule has 0 radical (unpaired) electrons. The van der Waals surface area contributed by atoms with Crippen LogP contribution in [0.1, 0.15) is 13.3 Å². The number of hydrogen-bond donors (Lipinski definition) is 4. The second-order valence-corrected chi connectivity index (χ2v) is 2.73. The number of nitrogens with one attached hydrogen (secondary N) is 1. The Morgan fingerprint density at radius 3 is 2.58 bits per heavy atom. The third-order valence-corrected chi connectivity index (χ3v) is 1.58. The van der Waals surface area contributed by atoms with Crippen LogP contribution >= 0.6 is 0 Å². The number of nitrogens with two attached hydrogens (primary N) is 2. The molecule has 1 amide bonds. The van der Waals surface area contributed by atoms with Gasteiger partial charge in [-0.05, 0) is 6.42 Å². The third kappa shape index (κ3) is 5.06. The van der Waals surface area contributed by atoms with Crippen LogP contribution in [0, 0.1) is 0 Å². The van der Waals surface area contributed by atoms with Crippen molar-refractivity contribution in [3.05, 3.63) is 0 Å². The fourth-order valence-corrected chi connectivity index (χ4v) is 0.650. The van der Waals surface area contributed by atoms with Gasteiger partial charge in [-0.25, -0.2) is 0 Å². The molecule has 5 nitrogen and oxygen atoms in total. The highest BCUT2D eigenvalue weighted by Crippen LogP contribution is 1.85. The van der Waals surface area contributed by atoms with Crippen LogP contribution in [0.2, 0.25) is 0 Å². The number of amides is 1. The molecule has 12 heavy (non-hydrogen) atoms. The Kier molecular flexibility index (Phi) is 5.61. The van der Waals surface area contributed by atoms with Crippen molar-refractivity contribution in [2.45, 2.75) is 25.5 Å². The maximum Gasteiger partial charge on any atom is 0.235 e. The number of aliphatic hydroxyl groups excluding tert-OH is 1. The molecule has 72 valence electrons. The zero-order valence-electron chi connectivity index (χ0n) is 7.29. The van der Waals surface area contributed by atoms with E-state index in [1.807, 2.05) is 6.92 Å². The van der Waals surface area contributed by atoms with Gasteiger partial charge < -0.3 is 21.9 Å². The second kappa shape index (κ2) is 5.93. The number of hydrogen-bond acceptors (Lipinski definition) is 4. The Hall–Kier alpha value is -0.650. The lowest BCUT2D eigenvalue weighted by Crippen LogP contribution is -2.45. The second-order valence-electron chi connectivity index (χ2n) is 2.73. The molecule has 0 fully saturated rings. The van der Waals surface area contributed by atoms with Crippen molar-refractivity contribution in [2.24, 2.45) is 11.5 Å². The van der Waals surface area contributed by atoms with Gasteiger partial charge in [0.2, 0.25) is 5.91 Å². The van der Waals surface area contributed by atoms with Crippen molar-refractivity contribution in [1.29, 1.82) is 0 Å². The highest BCUT2D eigenvalue weighted by Gasteiger charge is 2.08. The molecule has 0 aliphatic rings. The summed E-state index contributed by atoms with van der Waals surface area (Å²) in [5, 5.41) is 11.9. The van der Waals surface area contributed by atoms with Crippen LogP contribution in [0.15, 0.2) is 0 Å². The minimum Gasteiger partial charge on any atom is -0.392 e. The van der Waals surface area contributed by atoms with Gasteiger partial charge in [0.1, 0.15) is 0 Å². The fraction of sp³-hybridized carbons (Fsp3) is 0.857. The van der Waals surface area contributed by atoms with Crippen LogP contribution in [-0.4, -0.2) is 36.2 Å². The Labute approximate surface area is 72.1 Å². The van der Waals surface area contributed by atoms with Crippen LogP contribution in [0.25, 0.3) is 0 Å². The Bertz CT molecular complexity index is 141. The minimum atomic E-state index is -0.672. The van der Waals surface area contributed by atoms with Gasteiger partial charge in [-0.1, -0.05) is 6.92 Å². The van der Waals surface area contributed by atoms with E-state index in [2.05, 4.69) is 5.32 Å². The molecule has 0 saturated carbocycles. The highest BCUT2D eigenvalue weighted by molar-refractivity contribution is 5.79. The molecule has 2 atom stereocenters. The van der Waals surface area contributed by atoms with Gasteiger partial charge in [-0.2, -0.15) is 0 Å². The van der Waals surface area contributed by atoms with Crippen LogP contribution in [0.3, 0.4) is 0 Å². The number of rotatable bonds is 6. The summed E-state index contributed by atoms with van der Waals surface area (Å²) in [7, 11) is 0. The van der Waals surface area contributed by atoms with E-state index in [1.165, 1.54) is 0 Å². The predicted octanol–water partition coefficient (Wildman–Crippen LogP) is -1.84. The molecule has 0 aromatic heterocycles. The first kappa shape index (κ1) is 11.4. The van der Waals surface area contributed by atoms with E-state index in [9.17, 15) is 4.79 Å². The molecule has 0 spiro atoms. The average molecular weight is 175 g/mol. The molecular weight excluding hydrogens is 158 g/mol. The van der Waals surface area contributed by atoms with E-state index >= 15 is 0 Å². The molecule has 0 saturated heterocycles. The SMILES string of the molecule is CCC(O)CNCC(N)C(N)=O. The first-order valence-corrected chi connectivity index (χ1v) is 4.01. The molecule has 0 heterocycles. The zero-order chi connectivity index (χ0) is 9.56. The van der Waals surface area contributed by atoms with Crippen molar-refractivity contribution in [1.82, 2.24) is 5.32 Å². The van der Waals surface area contributed by atoms with Gasteiger partial charge in [0.15, 0.2) is 0 Å². The number of primary amides is 1. The van der Waals surface area contributed by atoms with Crippen LogP contribution in [0.4, 0.5) is 0 Å². The monoisotopic (exact) mass is 175 g/mol. The first-order chi connectivity index (χ1) is 5.57. The van der Waals surface area contributed by atoms with Gasteiger partial charge in [-0.3, -0.25) is 4.79 Å². The third-order valence-electron chi connectivity index (χ3n) is 1.58. The van der Waals surface area contributed by atoms with Crippen LogP contribution in [-0.2, 0) is 4.79 Å². The van der Waals surface area contributed by atoms with Crippen molar-refractivity contribution in [3.63, 3.8) is 0 Å². The topological polar surface area (TPSA) is 101 Å². The fourth-order valence-electron chi connectivity index (χ4n) is 0.650. The van der Waals surface area contributed by atoms with E-state index in [0.29, 0.717) is 19.5 Å². The van der Waals surface area contributed by atoms with E-state index in [-0.39, 0.29) is 6.10 Å². The lowest BCUT2D eigenvalue weighted by atomic mass is 10.2. The molecule has 0 aliphatic carbocycles. The van der Waals surface area contributed by atoms with Gasteiger partial charge in [0, 0.05) is 13.1 Å². The molecule has 0 rings (SSSR count). The Balaban J connectivity index is 3.37. The summed E-state index contributed by atoms with van der Waals surface area (Å²) >= 11 is 0. The molecule has 5 heteroatoms. The van der Waals surface area contributed by atoms with Gasteiger partial charge >= 0.3 is 0 Å². The predicted molar refractivity (Wildman–Crippen MR) is 46.3 cm³/mol. The average Bonchev–Trinajstić information content (AvgIpc) is 2.03. The molecule has 2 unspecified atom stereocenters. The van der Waals surface area contributed by atoms with Crippen LogP contribution < -0.4 is 16.8 Å². The summed E-state index contributed by atoms with van der Waals surface area (Å²) in [6.07, 6.45) is 0.295. The van der Waals surface area contributed by atoms with Crippen molar-refractivity contribution in [3.8, 4) is 0 Å². The maximum atomic E-state index is 10.4. The number of carbonyl (C=O) groups excluding carboxylic acids is 1. The molecule has 0 aromatic rings. The lowest BCUT2D eigenvalue weighted by molar-refractivity contribution is -0.119. The quantitative estimate of drug-likeness (QED) is 0.381. The largest absolute Gasteiger partial charge is 0.392 e. The van der Waals surface area contributed by atoms with Crippen molar-refractivity contribution >= 4 is 5.91 Å². The standard InChI is InChI=1S/C7H17N3O2/c1-2-5(11)3-10-4-6(8)7(9)12/h5-6,10-11H,2-4,8H2,1H3,(H2,9,12). The minimum absolute atomic E-state index is 0.312. The number of aliphatic hydroxyl groups is 1. The summed E-state index contributed by atoms with van der Waals surface area (Å²) in [4.78, 5) is 10.4. The van der Waals surface area contributed by atoms with Crippen LogP contribution in [0.5, 0.6) is 0 Å². The van der Waals surface area contributed by atoms with Crippen molar-refractivity contribution in [2.75, 3.05) is 13.1 Å². The Morgan fingerprint density at radius 1 is 1.58 bits per heavy atom. The summed E-state index contributed by atoms with van der Waals surface area (Å²) in [6, 6.07) is -0.672. The van der Waals surface area contributed by atoms with Gasteiger partial charge in [0.25, 0.3) is 0 Å². The summed E-state index contributed by atoms with van der Waals surface area (Å²) in [6.45, 7) is 2.63. The summed E-state index contributed by atoms with van der Waals surface area (Å²) in [5.74, 6) is -0.534. The normalized spacial score (nSPS) is 15.6. The first-order valence-electron chi connectivity index (χ1n) is 4.01. The molecule has 6 N–H and O–H groups in total. The maximum absolute atomic E-state index is 10.4. The van der Waals surface area contributed by atoms with Crippen molar-refractivity contribution < 1.29 is 9.90 Å². The van der Waals surface area contributed by atoms with E-state index < -0.39 is 11.9 Å². The summed E-state index contributed by atoms with van der Waals surface area (Å²) < 4.78 is 0. The van der Waals surface area contributed by atoms with E-state index in [0.717, 1.165) is 0 Å². The molecule has 0 aliphatic heterocycles. The smallest absolute Gasteiger partial charge is 0.235 e. The van der Waals surface area contributed by atoms with Gasteiger partial charge in [-0.15, -0.1) is 0 Å². The summed E-state index contributed by atoms with van der Waals surface area (Å²) in [5.41, 5.74) is 10.2. The molecule has 0 bridgehead atoms. The van der Waals surface area contributed by atoms with E-state index in [1.54, 1.807) is 0 Å². The van der Waals surface area contributed by atoms with E-state index in [4.69, 9.17) is 16.6 Å². The highest BCUT2D eigenvalue weighted by atomic mass is 16.3. The zero-order valence-corrected chi connectivity index (χ0v) is 7.29. The molecular formula is C7H17N3O2. The number of carbonyl (C=O) groups is 1. The lowest BCUT2D eigenvalue weighted by Gasteiger charge is -2.11. The Morgan fingerprint density at radius 2 is 2.17 bits per heavy atom. The molecule has 0 aromatic carbocycles. The van der Waals surface area contributed by atoms with Gasteiger partial charge in [0.05, 0.1) is 12.1 Å².